The summed E-state index contributed by atoms with van der Waals surface area (Å²) in [6.07, 6.45) is 2.32. The van der Waals surface area contributed by atoms with Crippen molar-refractivity contribution in [3.63, 3.8) is 0 Å². The molecule has 1 aromatic carbocycles. The van der Waals surface area contributed by atoms with Crippen LogP contribution < -0.4 is 5.32 Å². The van der Waals surface area contributed by atoms with Gasteiger partial charge in [-0.1, -0.05) is 12.1 Å². The van der Waals surface area contributed by atoms with Gasteiger partial charge in [0.15, 0.2) is 0 Å². The summed E-state index contributed by atoms with van der Waals surface area (Å²) in [6, 6.07) is 5.39. The van der Waals surface area contributed by atoms with Crippen LogP contribution in [-0.2, 0) is 11.3 Å². The molecule has 5 nitrogen and oxygen atoms in total. The van der Waals surface area contributed by atoms with Crippen LogP contribution in [0.25, 0.3) is 0 Å². The Hall–Kier alpha value is -1.46. The summed E-state index contributed by atoms with van der Waals surface area (Å²) in [5.74, 6) is 0.564. The Bertz CT molecular complexity index is 442. The smallest absolute Gasteiger partial charge is 0.272 e. The summed E-state index contributed by atoms with van der Waals surface area (Å²) in [5.41, 5.74) is 1.85. The van der Waals surface area contributed by atoms with E-state index in [0.717, 1.165) is 31.7 Å². The van der Waals surface area contributed by atoms with Gasteiger partial charge in [-0.05, 0) is 31.2 Å². The van der Waals surface area contributed by atoms with E-state index in [9.17, 15) is 10.1 Å². The lowest BCUT2D eigenvalue weighted by Gasteiger charge is -2.22. The zero-order valence-corrected chi connectivity index (χ0v) is 11.2. The molecule has 1 unspecified atom stereocenters. The lowest BCUT2D eigenvalue weighted by Crippen LogP contribution is -2.28. The highest BCUT2D eigenvalue weighted by Crippen LogP contribution is 2.19. The molecule has 19 heavy (non-hydrogen) atoms. The van der Waals surface area contributed by atoms with Gasteiger partial charge >= 0.3 is 0 Å². The molecule has 0 saturated carbocycles. The summed E-state index contributed by atoms with van der Waals surface area (Å²) < 4.78 is 5.42. The van der Waals surface area contributed by atoms with E-state index in [0.29, 0.717) is 18.0 Å². The largest absolute Gasteiger partial charge is 0.381 e. The van der Waals surface area contributed by atoms with Gasteiger partial charge in [0.25, 0.3) is 5.69 Å². The van der Waals surface area contributed by atoms with Gasteiger partial charge in [0.1, 0.15) is 0 Å². The van der Waals surface area contributed by atoms with Gasteiger partial charge in [0, 0.05) is 31.3 Å². The third kappa shape index (κ3) is 4.01. The van der Waals surface area contributed by atoms with Crippen LogP contribution in [0, 0.1) is 23.0 Å². The molecule has 104 valence electrons. The second kappa shape index (κ2) is 6.63. The summed E-state index contributed by atoms with van der Waals surface area (Å²) >= 11 is 0. The number of nitro groups is 1. The van der Waals surface area contributed by atoms with Gasteiger partial charge < -0.3 is 10.1 Å². The highest BCUT2D eigenvalue weighted by atomic mass is 16.6. The van der Waals surface area contributed by atoms with Gasteiger partial charge in [0.2, 0.25) is 0 Å². The monoisotopic (exact) mass is 264 g/mol. The van der Waals surface area contributed by atoms with Crippen molar-refractivity contribution in [3.05, 3.63) is 39.4 Å². The summed E-state index contributed by atoms with van der Waals surface area (Å²) in [7, 11) is 0. The zero-order chi connectivity index (χ0) is 13.7. The molecular formula is C14H20N2O3. The predicted octanol–water partition coefficient (Wildman–Crippen LogP) is 2.42. The molecule has 0 radical (unpaired) electrons. The molecule has 1 aliphatic heterocycles. The molecule has 1 atom stereocenters. The summed E-state index contributed by atoms with van der Waals surface area (Å²) in [4.78, 5) is 10.5. The topological polar surface area (TPSA) is 64.4 Å². The molecule has 0 bridgehead atoms. The molecule has 0 aromatic heterocycles. The van der Waals surface area contributed by atoms with E-state index in [1.165, 1.54) is 6.42 Å². The minimum atomic E-state index is -0.326. The fourth-order valence-electron chi connectivity index (χ4n) is 2.35. The molecule has 1 saturated heterocycles. The van der Waals surface area contributed by atoms with E-state index in [1.54, 1.807) is 19.1 Å². The Morgan fingerprint density at radius 1 is 1.53 bits per heavy atom. The number of nitro benzene ring substituents is 1. The van der Waals surface area contributed by atoms with Gasteiger partial charge in [-0.2, -0.15) is 0 Å². The van der Waals surface area contributed by atoms with Crippen molar-refractivity contribution in [2.75, 3.05) is 19.8 Å². The fraction of sp³-hybridized carbons (Fsp3) is 0.571. The van der Waals surface area contributed by atoms with Crippen LogP contribution in [0.3, 0.4) is 0 Å². The number of nitrogens with one attached hydrogen (secondary N) is 1. The number of aryl methyl sites for hydroxylation is 1. The maximum absolute atomic E-state index is 10.9. The molecule has 1 N–H and O–H groups in total. The number of hydrogen-bond donors (Lipinski definition) is 1. The Morgan fingerprint density at radius 3 is 3.05 bits per heavy atom. The average molecular weight is 264 g/mol. The van der Waals surface area contributed by atoms with Gasteiger partial charge in [-0.15, -0.1) is 0 Å². The van der Waals surface area contributed by atoms with Crippen LogP contribution in [0.1, 0.15) is 24.0 Å². The van der Waals surface area contributed by atoms with E-state index in [-0.39, 0.29) is 10.6 Å². The molecule has 1 aliphatic rings. The lowest BCUT2D eigenvalue weighted by molar-refractivity contribution is -0.385. The number of hydrogen-bond acceptors (Lipinski definition) is 4. The van der Waals surface area contributed by atoms with Crippen LogP contribution in [-0.4, -0.2) is 24.7 Å². The summed E-state index contributed by atoms with van der Waals surface area (Å²) in [5, 5.41) is 14.2. The minimum absolute atomic E-state index is 0.195. The normalized spacial score (nSPS) is 19.3. The van der Waals surface area contributed by atoms with Crippen LogP contribution in [0.4, 0.5) is 5.69 Å². The SMILES string of the molecule is Cc1ccc(CNCC2CCCOC2)cc1[N+](=O)[O-]. The van der Waals surface area contributed by atoms with Crippen LogP contribution >= 0.6 is 0 Å². The van der Waals surface area contributed by atoms with Gasteiger partial charge in [-0.25, -0.2) is 0 Å². The number of benzene rings is 1. The van der Waals surface area contributed by atoms with Crippen molar-refractivity contribution in [1.29, 1.82) is 0 Å². The molecule has 0 spiro atoms. The molecule has 1 fully saturated rings. The molecule has 0 amide bonds. The highest BCUT2D eigenvalue weighted by Gasteiger charge is 2.14. The Morgan fingerprint density at radius 2 is 2.37 bits per heavy atom. The van der Waals surface area contributed by atoms with E-state index >= 15 is 0 Å². The molecule has 5 heteroatoms. The van der Waals surface area contributed by atoms with E-state index in [4.69, 9.17) is 4.74 Å². The Balaban J connectivity index is 1.85. The first-order chi connectivity index (χ1) is 9.16. The number of ether oxygens (including phenoxy) is 1. The quantitative estimate of drug-likeness (QED) is 0.655. The molecule has 1 heterocycles. The number of rotatable bonds is 5. The molecule has 0 aliphatic carbocycles. The Kier molecular flexibility index (Phi) is 4.87. The first-order valence-corrected chi connectivity index (χ1v) is 6.69. The first kappa shape index (κ1) is 14.0. The average Bonchev–Trinajstić information content (AvgIpc) is 2.41. The lowest BCUT2D eigenvalue weighted by atomic mass is 10.0. The van der Waals surface area contributed by atoms with Crippen molar-refractivity contribution >= 4 is 5.69 Å². The van der Waals surface area contributed by atoms with Crippen LogP contribution in [0.5, 0.6) is 0 Å². The van der Waals surface area contributed by atoms with Crippen LogP contribution in [0.15, 0.2) is 18.2 Å². The van der Waals surface area contributed by atoms with Crippen molar-refractivity contribution in [3.8, 4) is 0 Å². The molecular weight excluding hydrogens is 244 g/mol. The minimum Gasteiger partial charge on any atom is -0.381 e. The van der Waals surface area contributed by atoms with E-state index in [2.05, 4.69) is 5.32 Å². The summed E-state index contributed by atoms with van der Waals surface area (Å²) in [6.45, 7) is 5.02. The molecule has 1 aromatic rings. The van der Waals surface area contributed by atoms with Crippen molar-refractivity contribution in [2.24, 2.45) is 5.92 Å². The zero-order valence-electron chi connectivity index (χ0n) is 11.2. The number of nitrogens with zero attached hydrogens (tertiary/aromatic N) is 1. The maximum Gasteiger partial charge on any atom is 0.272 e. The maximum atomic E-state index is 10.9. The second-order valence-electron chi connectivity index (χ2n) is 5.09. The van der Waals surface area contributed by atoms with E-state index in [1.807, 2.05) is 6.07 Å². The van der Waals surface area contributed by atoms with Gasteiger partial charge in [0.05, 0.1) is 11.5 Å². The van der Waals surface area contributed by atoms with E-state index < -0.39 is 0 Å². The van der Waals surface area contributed by atoms with Crippen molar-refractivity contribution < 1.29 is 9.66 Å². The third-order valence-electron chi connectivity index (χ3n) is 3.49. The van der Waals surface area contributed by atoms with Crippen molar-refractivity contribution in [1.82, 2.24) is 5.32 Å². The third-order valence-corrected chi connectivity index (χ3v) is 3.49. The van der Waals surface area contributed by atoms with Crippen LogP contribution in [0.2, 0.25) is 0 Å². The standard InChI is InChI=1S/C14H20N2O3/c1-11-4-5-12(7-14(11)16(17)18)8-15-9-13-3-2-6-19-10-13/h4-5,7,13,15H,2-3,6,8-10H2,1H3. The second-order valence-corrected chi connectivity index (χ2v) is 5.09. The fourth-order valence-corrected chi connectivity index (χ4v) is 2.35. The first-order valence-electron chi connectivity index (χ1n) is 6.69. The molecule has 2 rings (SSSR count). The predicted molar refractivity (Wildman–Crippen MR) is 73.1 cm³/mol. The van der Waals surface area contributed by atoms with Gasteiger partial charge in [-0.3, -0.25) is 10.1 Å². The highest BCUT2D eigenvalue weighted by molar-refractivity contribution is 5.42. The Labute approximate surface area is 113 Å². The van der Waals surface area contributed by atoms with Crippen molar-refractivity contribution in [2.45, 2.75) is 26.3 Å².